The first-order valence-corrected chi connectivity index (χ1v) is 9.96. The molecule has 1 atom stereocenters. The van der Waals surface area contributed by atoms with Crippen molar-refractivity contribution in [2.24, 2.45) is 0 Å². The second kappa shape index (κ2) is 8.89. The molecule has 1 heterocycles. The van der Waals surface area contributed by atoms with Crippen LogP contribution >= 0.6 is 0 Å². The van der Waals surface area contributed by atoms with Gasteiger partial charge in [-0.1, -0.05) is 54.6 Å². The van der Waals surface area contributed by atoms with Gasteiger partial charge >= 0.3 is 0 Å². The maximum absolute atomic E-state index is 13.3. The van der Waals surface area contributed by atoms with Crippen molar-refractivity contribution >= 4 is 5.91 Å². The third-order valence-electron chi connectivity index (χ3n) is 5.21. The summed E-state index contributed by atoms with van der Waals surface area (Å²) in [6, 6.07) is 22.9. The van der Waals surface area contributed by atoms with E-state index in [1.54, 1.807) is 13.1 Å². The second-order valence-corrected chi connectivity index (χ2v) is 7.45. The predicted molar refractivity (Wildman–Crippen MR) is 118 cm³/mol. The van der Waals surface area contributed by atoms with Crippen LogP contribution in [0.1, 0.15) is 27.6 Å². The minimum atomic E-state index is -0.770. The first-order valence-electron chi connectivity index (χ1n) is 9.96. The highest BCUT2D eigenvalue weighted by molar-refractivity contribution is 5.96. The van der Waals surface area contributed by atoms with E-state index in [1.807, 2.05) is 73.7 Å². The number of hydrogen-bond donors (Lipinski definition) is 1. The standard InChI is InChI=1S/C24H23N5O2/c1-17-8-6-7-11-22(17)19-12-20(14-21(13-19)29-16-25-26-27-29)24(31)28(2)15-23(30)18-9-4-3-5-10-18/h3-14,16,23,30H,15H2,1-2H3. The number of nitrogens with zero attached hydrogens (tertiary/aromatic N) is 5. The summed E-state index contributed by atoms with van der Waals surface area (Å²) in [5, 5.41) is 21.9. The van der Waals surface area contributed by atoms with Crippen LogP contribution in [0.2, 0.25) is 0 Å². The third kappa shape index (κ3) is 4.51. The van der Waals surface area contributed by atoms with Gasteiger partial charge in [0.15, 0.2) is 0 Å². The van der Waals surface area contributed by atoms with Crippen molar-refractivity contribution in [3.8, 4) is 16.8 Å². The Bertz CT molecular complexity index is 1180. The van der Waals surface area contributed by atoms with Crippen LogP contribution in [0.25, 0.3) is 16.8 Å². The molecule has 0 spiro atoms. The lowest BCUT2D eigenvalue weighted by atomic mass is 9.97. The minimum Gasteiger partial charge on any atom is -0.387 e. The quantitative estimate of drug-likeness (QED) is 0.523. The smallest absolute Gasteiger partial charge is 0.253 e. The molecule has 7 heteroatoms. The van der Waals surface area contributed by atoms with Crippen LogP contribution < -0.4 is 0 Å². The molecule has 0 aliphatic rings. The summed E-state index contributed by atoms with van der Waals surface area (Å²) in [5.41, 5.74) is 4.97. The maximum atomic E-state index is 13.3. The van der Waals surface area contributed by atoms with Crippen molar-refractivity contribution in [2.45, 2.75) is 13.0 Å². The second-order valence-electron chi connectivity index (χ2n) is 7.45. The molecule has 1 aromatic heterocycles. The zero-order chi connectivity index (χ0) is 21.8. The number of carbonyl (C=O) groups is 1. The number of benzene rings is 3. The zero-order valence-corrected chi connectivity index (χ0v) is 17.4. The molecule has 1 N–H and O–H groups in total. The van der Waals surface area contributed by atoms with E-state index in [1.165, 1.54) is 15.9 Å². The lowest BCUT2D eigenvalue weighted by Crippen LogP contribution is -2.31. The number of likely N-dealkylation sites (N-methyl/N-ethyl adjacent to an activating group) is 1. The van der Waals surface area contributed by atoms with Gasteiger partial charge in [0, 0.05) is 12.6 Å². The molecule has 156 valence electrons. The van der Waals surface area contributed by atoms with E-state index >= 15 is 0 Å². The SMILES string of the molecule is Cc1ccccc1-c1cc(C(=O)N(C)CC(O)c2ccccc2)cc(-n2cnnn2)c1. The fourth-order valence-electron chi connectivity index (χ4n) is 3.54. The van der Waals surface area contributed by atoms with Crippen LogP contribution in [0.5, 0.6) is 0 Å². The topological polar surface area (TPSA) is 84.1 Å². The Hall–Kier alpha value is -3.84. The molecule has 0 aliphatic carbocycles. The van der Waals surface area contributed by atoms with Gasteiger partial charge in [0.1, 0.15) is 6.33 Å². The van der Waals surface area contributed by atoms with E-state index in [-0.39, 0.29) is 12.5 Å². The number of aliphatic hydroxyl groups excluding tert-OH is 1. The molecule has 7 nitrogen and oxygen atoms in total. The Kier molecular flexibility index (Phi) is 5.86. The van der Waals surface area contributed by atoms with Gasteiger partial charge in [-0.05, 0) is 57.8 Å². The normalized spacial score (nSPS) is 11.8. The number of rotatable bonds is 6. The van der Waals surface area contributed by atoms with Gasteiger partial charge in [0.2, 0.25) is 0 Å². The molecule has 31 heavy (non-hydrogen) atoms. The average molecular weight is 413 g/mol. The van der Waals surface area contributed by atoms with Crippen molar-refractivity contribution in [1.29, 1.82) is 0 Å². The van der Waals surface area contributed by atoms with Gasteiger partial charge < -0.3 is 10.0 Å². The molecule has 4 aromatic rings. The van der Waals surface area contributed by atoms with Crippen molar-refractivity contribution in [3.63, 3.8) is 0 Å². The molecular weight excluding hydrogens is 390 g/mol. The van der Waals surface area contributed by atoms with Crippen molar-refractivity contribution in [1.82, 2.24) is 25.1 Å². The van der Waals surface area contributed by atoms with E-state index in [0.29, 0.717) is 11.3 Å². The molecule has 0 fully saturated rings. The predicted octanol–water partition coefficient (Wildman–Crippen LogP) is 3.44. The molecule has 3 aromatic carbocycles. The molecule has 0 saturated carbocycles. The largest absolute Gasteiger partial charge is 0.387 e. The van der Waals surface area contributed by atoms with Crippen LogP contribution in [-0.2, 0) is 0 Å². The van der Waals surface area contributed by atoms with Crippen molar-refractivity contribution in [3.05, 3.63) is 95.8 Å². The van der Waals surface area contributed by atoms with Crippen LogP contribution in [0.3, 0.4) is 0 Å². The summed E-state index contributed by atoms with van der Waals surface area (Å²) >= 11 is 0. The minimum absolute atomic E-state index is 0.178. The Morgan fingerprint density at radius 2 is 1.81 bits per heavy atom. The summed E-state index contributed by atoms with van der Waals surface area (Å²) in [4.78, 5) is 14.8. The number of carbonyl (C=O) groups excluding carboxylic acids is 1. The third-order valence-corrected chi connectivity index (χ3v) is 5.21. The van der Waals surface area contributed by atoms with E-state index < -0.39 is 6.10 Å². The number of aromatic nitrogens is 4. The maximum Gasteiger partial charge on any atom is 0.253 e. The fourth-order valence-corrected chi connectivity index (χ4v) is 3.54. The van der Waals surface area contributed by atoms with Gasteiger partial charge in [-0.3, -0.25) is 4.79 Å². The average Bonchev–Trinajstić information content (AvgIpc) is 3.34. The molecule has 0 saturated heterocycles. The van der Waals surface area contributed by atoms with Gasteiger partial charge in [0.25, 0.3) is 5.91 Å². The summed E-state index contributed by atoms with van der Waals surface area (Å²) in [7, 11) is 1.69. The van der Waals surface area contributed by atoms with Crippen molar-refractivity contribution < 1.29 is 9.90 Å². The highest BCUT2D eigenvalue weighted by atomic mass is 16.3. The van der Waals surface area contributed by atoms with E-state index in [9.17, 15) is 9.90 Å². The van der Waals surface area contributed by atoms with E-state index in [2.05, 4.69) is 15.5 Å². The Morgan fingerprint density at radius 3 is 2.52 bits per heavy atom. The Morgan fingerprint density at radius 1 is 1.06 bits per heavy atom. The van der Waals surface area contributed by atoms with E-state index in [4.69, 9.17) is 0 Å². The van der Waals surface area contributed by atoms with Crippen LogP contribution in [0.15, 0.2) is 79.1 Å². The first kappa shape index (κ1) is 20.4. The van der Waals surface area contributed by atoms with Gasteiger partial charge in [-0.15, -0.1) is 5.10 Å². The molecule has 0 aliphatic heterocycles. The summed E-state index contributed by atoms with van der Waals surface area (Å²) < 4.78 is 1.53. The molecule has 1 unspecified atom stereocenters. The molecule has 1 amide bonds. The molecule has 0 bridgehead atoms. The number of amides is 1. The Labute approximate surface area is 180 Å². The van der Waals surface area contributed by atoms with Gasteiger partial charge in [-0.25, -0.2) is 4.68 Å². The molecule has 0 radical (unpaired) electrons. The molecule has 4 rings (SSSR count). The van der Waals surface area contributed by atoms with Gasteiger partial charge in [0.05, 0.1) is 18.3 Å². The highest BCUT2D eigenvalue weighted by Gasteiger charge is 2.19. The Balaban J connectivity index is 1.68. The van der Waals surface area contributed by atoms with E-state index in [0.717, 1.165) is 22.3 Å². The van der Waals surface area contributed by atoms with Crippen molar-refractivity contribution in [2.75, 3.05) is 13.6 Å². The van der Waals surface area contributed by atoms with Crippen LogP contribution in [0, 0.1) is 6.92 Å². The summed E-state index contributed by atoms with van der Waals surface area (Å²) in [6.45, 7) is 2.21. The lowest BCUT2D eigenvalue weighted by Gasteiger charge is -2.22. The monoisotopic (exact) mass is 413 g/mol. The number of aryl methyl sites for hydroxylation is 1. The molecular formula is C24H23N5O2. The summed E-state index contributed by atoms with van der Waals surface area (Å²) in [6.07, 6.45) is 0.724. The lowest BCUT2D eigenvalue weighted by molar-refractivity contribution is 0.0681. The van der Waals surface area contributed by atoms with Gasteiger partial charge in [-0.2, -0.15) is 0 Å². The zero-order valence-electron chi connectivity index (χ0n) is 17.4. The van der Waals surface area contributed by atoms with Crippen LogP contribution in [-0.4, -0.2) is 49.7 Å². The first-order chi connectivity index (χ1) is 15.0. The fraction of sp³-hybridized carbons (Fsp3) is 0.167. The number of hydrogen-bond acceptors (Lipinski definition) is 5. The number of tetrazole rings is 1. The number of aliphatic hydroxyl groups is 1. The van der Waals surface area contributed by atoms with Crippen LogP contribution in [0.4, 0.5) is 0 Å². The summed E-state index contributed by atoms with van der Waals surface area (Å²) in [5.74, 6) is -0.195. The highest BCUT2D eigenvalue weighted by Crippen LogP contribution is 2.27.